The van der Waals surface area contributed by atoms with Crippen molar-refractivity contribution in [3.05, 3.63) is 51.7 Å². The zero-order valence-electron chi connectivity index (χ0n) is 14.8. The third-order valence-corrected chi connectivity index (χ3v) is 5.67. The summed E-state index contributed by atoms with van der Waals surface area (Å²) in [6.45, 7) is 4.49. The van der Waals surface area contributed by atoms with E-state index in [4.69, 9.17) is 4.74 Å². The number of thiophene rings is 1. The molecule has 25 heavy (non-hydrogen) atoms. The van der Waals surface area contributed by atoms with E-state index in [1.54, 1.807) is 35.0 Å². The second-order valence-corrected chi connectivity index (χ2v) is 8.03. The molecule has 6 heteroatoms. The number of hydrogen-bond donors (Lipinski definition) is 0. The minimum absolute atomic E-state index is 0.191. The molecule has 1 amide bonds. The average molecular weight is 378 g/mol. The molecule has 0 radical (unpaired) electrons. The van der Waals surface area contributed by atoms with Gasteiger partial charge in [-0.05, 0) is 48.6 Å². The number of carbonyl (C=O) groups is 2. The van der Waals surface area contributed by atoms with E-state index in [1.807, 2.05) is 17.5 Å². The zero-order valence-corrected chi connectivity index (χ0v) is 16.4. The van der Waals surface area contributed by atoms with Gasteiger partial charge >= 0.3 is 5.97 Å². The first-order valence-electron chi connectivity index (χ1n) is 8.07. The standard InChI is InChI=1S/C19H23NO3S2/c1-14-6-7-16(11-15(14)2)25-10-8-19(22)23-13-18(21)20(3)12-17-5-4-9-24-17/h4-7,9,11H,8,10,12-13H2,1-3H3. The molecule has 0 aliphatic carbocycles. The number of amides is 1. The van der Waals surface area contributed by atoms with Crippen molar-refractivity contribution in [3.8, 4) is 0 Å². The van der Waals surface area contributed by atoms with Crippen LogP contribution in [0.5, 0.6) is 0 Å². The van der Waals surface area contributed by atoms with Crippen LogP contribution in [0.1, 0.15) is 22.4 Å². The highest BCUT2D eigenvalue weighted by Crippen LogP contribution is 2.21. The van der Waals surface area contributed by atoms with Crippen molar-refractivity contribution in [3.63, 3.8) is 0 Å². The van der Waals surface area contributed by atoms with Crippen molar-refractivity contribution in [2.24, 2.45) is 0 Å². The van der Waals surface area contributed by atoms with Crippen LogP contribution in [0, 0.1) is 13.8 Å². The number of hydrogen-bond acceptors (Lipinski definition) is 5. The zero-order chi connectivity index (χ0) is 18.2. The fraction of sp³-hybridized carbons (Fsp3) is 0.368. The van der Waals surface area contributed by atoms with Gasteiger partial charge in [-0.3, -0.25) is 9.59 Å². The minimum Gasteiger partial charge on any atom is -0.456 e. The van der Waals surface area contributed by atoms with Gasteiger partial charge < -0.3 is 9.64 Å². The van der Waals surface area contributed by atoms with Crippen LogP contribution in [0.3, 0.4) is 0 Å². The van der Waals surface area contributed by atoms with Crippen molar-refractivity contribution < 1.29 is 14.3 Å². The molecule has 0 atom stereocenters. The topological polar surface area (TPSA) is 46.6 Å². The second kappa shape index (κ2) is 9.63. The number of likely N-dealkylation sites (N-methyl/N-ethyl adjacent to an activating group) is 1. The third-order valence-electron chi connectivity index (χ3n) is 3.81. The molecule has 4 nitrogen and oxygen atoms in total. The second-order valence-electron chi connectivity index (χ2n) is 5.83. The number of nitrogens with zero attached hydrogens (tertiary/aromatic N) is 1. The van der Waals surface area contributed by atoms with Crippen molar-refractivity contribution in [1.82, 2.24) is 4.90 Å². The molecule has 1 aromatic heterocycles. The number of thioether (sulfide) groups is 1. The lowest BCUT2D eigenvalue weighted by molar-refractivity contribution is -0.151. The summed E-state index contributed by atoms with van der Waals surface area (Å²) in [5.41, 5.74) is 2.50. The quantitative estimate of drug-likeness (QED) is 0.514. The molecule has 0 aliphatic rings. The maximum Gasteiger partial charge on any atom is 0.307 e. The monoisotopic (exact) mass is 377 g/mol. The Labute approximate surface area is 157 Å². The minimum atomic E-state index is -0.339. The molecule has 1 aromatic carbocycles. The third kappa shape index (κ3) is 6.55. The Bertz CT molecular complexity index is 713. The van der Waals surface area contributed by atoms with Crippen LogP contribution in [0.4, 0.5) is 0 Å². The van der Waals surface area contributed by atoms with E-state index >= 15 is 0 Å². The molecular weight excluding hydrogens is 354 g/mol. The number of rotatable bonds is 8. The molecule has 0 unspecified atom stereocenters. The Morgan fingerprint density at radius 2 is 2.00 bits per heavy atom. The van der Waals surface area contributed by atoms with E-state index in [0.717, 1.165) is 9.77 Å². The molecular formula is C19H23NO3S2. The maximum absolute atomic E-state index is 12.0. The molecule has 0 aliphatic heterocycles. The van der Waals surface area contributed by atoms with Gasteiger partial charge in [0.05, 0.1) is 13.0 Å². The number of esters is 1. The van der Waals surface area contributed by atoms with Crippen molar-refractivity contribution in [2.75, 3.05) is 19.4 Å². The number of benzene rings is 1. The van der Waals surface area contributed by atoms with Gasteiger partial charge in [0.2, 0.25) is 0 Å². The van der Waals surface area contributed by atoms with Gasteiger partial charge in [0, 0.05) is 22.6 Å². The van der Waals surface area contributed by atoms with Crippen LogP contribution in [-0.4, -0.2) is 36.2 Å². The summed E-state index contributed by atoms with van der Waals surface area (Å²) in [7, 11) is 1.71. The highest BCUT2D eigenvalue weighted by atomic mass is 32.2. The van der Waals surface area contributed by atoms with Crippen LogP contribution in [0.15, 0.2) is 40.6 Å². The van der Waals surface area contributed by atoms with E-state index in [-0.39, 0.29) is 18.5 Å². The van der Waals surface area contributed by atoms with Gasteiger partial charge in [0.25, 0.3) is 5.91 Å². The van der Waals surface area contributed by atoms with E-state index in [9.17, 15) is 9.59 Å². The molecule has 0 spiro atoms. The van der Waals surface area contributed by atoms with E-state index < -0.39 is 0 Å². The summed E-state index contributed by atoms with van der Waals surface area (Å²) in [6.07, 6.45) is 0.291. The molecule has 0 saturated heterocycles. The van der Waals surface area contributed by atoms with Gasteiger partial charge in [-0.15, -0.1) is 23.1 Å². The largest absolute Gasteiger partial charge is 0.456 e. The Hall–Kier alpha value is -1.79. The summed E-state index contributed by atoms with van der Waals surface area (Å²) in [4.78, 5) is 27.6. The first-order chi connectivity index (χ1) is 12.0. The average Bonchev–Trinajstić information content (AvgIpc) is 3.08. The first kappa shape index (κ1) is 19.5. The lowest BCUT2D eigenvalue weighted by atomic mass is 10.1. The predicted molar refractivity (Wildman–Crippen MR) is 103 cm³/mol. The van der Waals surface area contributed by atoms with Gasteiger partial charge in [-0.25, -0.2) is 0 Å². The normalized spacial score (nSPS) is 10.5. The molecule has 0 N–H and O–H groups in total. The molecule has 0 saturated carbocycles. The van der Waals surface area contributed by atoms with Crippen LogP contribution in [0.25, 0.3) is 0 Å². The van der Waals surface area contributed by atoms with Crippen molar-refractivity contribution in [1.29, 1.82) is 0 Å². The highest BCUT2D eigenvalue weighted by Gasteiger charge is 2.13. The molecule has 1 heterocycles. The lowest BCUT2D eigenvalue weighted by Crippen LogP contribution is -2.30. The van der Waals surface area contributed by atoms with Gasteiger partial charge in [-0.1, -0.05) is 12.1 Å². The highest BCUT2D eigenvalue weighted by molar-refractivity contribution is 7.99. The summed E-state index contributed by atoms with van der Waals surface area (Å²) in [5.74, 6) is 0.110. The Morgan fingerprint density at radius 1 is 1.20 bits per heavy atom. The van der Waals surface area contributed by atoms with Gasteiger partial charge in [-0.2, -0.15) is 0 Å². The van der Waals surface area contributed by atoms with Crippen LogP contribution in [0.2, 0.25) is 0 Å². The maximum atomic E-state index is 12.0. The smallest absolute Gasteiger partial charge is 0.307 e. The fourth-order valence-corrected chi connectivity index (χ4v) is 3.79. The molecule has 0 fully saturated rings. The first-order valence-corrected chi connectivity index (χ1v) is 9.94. The Balaban J connectivity index is 1.66. The lowest BCUT2D eigenvalue weighted by Gasteiger charge is -2.16. The van der Waals surface area contributed by atoms with Crippen molar-refractivity contribution in [2.45, 2.75) is 31.7 Å². The number of ether oxygens (including phenoxy) is 1. The number of aryl methyl sites for hydroxylation is 2. The molecule has 0 bridgehead atoms. The molecule has 134 valence electrons. The SMILES string of the molecule is Cc1ccc(SCCC(=O)OCC(=O)N(C)Cc2cccs2)cc1C. The summed E-state index contributed by atoms with van der Waals surface area (Å²) in [5, 5.41) is 1.97. The van der Waals surface area contributed by atoms with Gasteiger partial charge in [0.15, 0.2) is 6.61 Å². The van der Waals surface area contributed by atoms with E-state index in [1.165, 1.54) is 11.1 Å². The van der Waals surface area contributed by atoms with Crippen molar-refractivity contribution >= 4 is 35.0 Å². The van der Waals surface area contributed by atoms with E-state index in [2.05, 4.69) is 32.0 Å². The fourth-order valence-electron chi connectivity index (χ4n) is 2.10. The number of carbonyl (C=O) groups excluding carboxylic acids is 2. The summed E-state index contributed by atoms with van der Waals surface area (Å²) >= 11 is 3.22. The predicted octanol–water partition coefficient (Wildman–Crippen LogP) is 4.05. The van der Waals surface area contributed by atoms with Gasteiger partial charge in [0.1, 0.15) is 0 Å². The Kier molecular flexibility index (Phi) is 7.52. The Morgan fingerprint density at radius 3 is 2.68 bits per heavy atom. The molecule has 2 rings (SSSR count). The molecule has 2 aromatic rings. The van der Waals surface area contributed by atoms with Crippen LogP contribution < -0.4 is 0 Å². The van der Waals surface area contributed by atoms with E-state index in [0.29, 0.717) is 18.7 Å². The summed E-state index contributed by atoms with van der Waals surface area (Å²) in [6, 6.07) is 10.2. The van der Waals surface area contributed by atoms with Crippen LogP contribution in [-0.2, 0) is 20.9 Å². The summed E-state index contributed by atoms with van der Waals surface area (Å²) < 4.78 is 5.08. The van der Waals surface area contributed by atoms with Crippen LogP contribution >= 0.6 is 23.1 Å².